The van der Waals surface area contributed by atoms with Crippen LogP contribution in [0.4, 0.5) is 0 Å². The highest BCUT2D eigenvalue weighted by atomic mass is 32.2. The second-order valence-corrected chi connectivity index (χ2v) is 9.41. The fourth-order valence-electron chi connectivity index (χ4n) is 3.25. The van der Waals surface area contributed by atoms with Gasteiger partial charge in [0.25, 0.3) is 0 Å². The summed E-state index contributed by atoms with van der Waals surface area (Å²) in [7, 11) is -3.79. The van der Waals surface area contributed by atoms with Crippen LogP contribution in [0.25, 0.3) is 0 Å². The summed E-state index contributed by atoms with van der Waals surface area (Å²) in [6, 6.07) is 26.2. The molecule has 31 heavy (non-hydrogen) atoms. The second kappa shape index (κ2) is 10.9. The molecule has 0 heterocycles. The first-order chi connectivity index (χ1) is 14.9. The highest BCUT2D eigenvalue weighted by molar-refractivity contribution is 7.89. The van der Waals surface area contributed by atoms with E-state index in [1.165, 1.54) is 4.31 Å². The van der Waals surface area contributed by atoms with Crippen molar-refractivity contribution in [3.63, 3.8) is 0 Å². The molecule has 0 aliphatic rings. The maximum atomic E-state index is 13.2. The minimum absolute atomic E-state index is 0.197. The number of aryl methyl sites for hydroxylation is 1. The van der Waals surface area contributed by atoms with Gasteiger partial charge >= 0.3 is 0 Å². The largest absolute Gasteiger partial charge is 0.355 e. The molecule has 1 amide bonds. The van der Waals surface area contributed by atoms with Crippen LogP contribution in [0.5, 0.6) is 0 Å². The van der Waals surface area contributed by atoms with Crippen molar-refractivity contribution in [3.8, 4) is 0 Å². The topological polar surface area (TPSA) is 66.5 Å². The van der Waals surface area contributed by atoms with Gasteiger partial charge in [-0.2, -0.15) is 4.31 Å². The molecular weight excluding hydrogens is 408 g/mol. The predicted molar refractivity (Wildman–Crippen MR) is 123 cm³/mol. The second-order valence-electron chi connectivity index (χ2n) is 7.47. The first-order valence-corrected chi connectivity index (χ1v) is 11.8. The van der Waals surface area contributed by atoms with E-state index in [9.17, 15) is 13.2 Å². The minimum Gasteiger partial charge on any atom is -0.355 e. The average molecular weight is 437 g/mol. The van der Waals surface area contributed by atoms with Crippen LogP contribution < -0.4 is 5.32 Å². The van der Waals surface area contributed by atoms with Crippen molar-refractivity contribution in [3.05, 3.63) is 102 Å². The Balaban J connectivity index is 1.68. The van der Waals surface area contributed by atoms with Gasteiger partial charge in [0.05, 0.1) is 11.4 Å². The molecule has 0 aromatic heterocycles. The zero-order valence-corrected chi connectivity index (χ0v) is 18.5. The summed E-state index contributed by atoms with van der Waals surface area (Å²) < 4.78 is 27.7. The van der Waals surface area contributed by atoms with Gasteiger partial charge in [0.15, 0.2) is 0 Å². The Labute approximate surface area is 184 Å². The molecule has 0 fully saturated rings. The van der Waals surface area contributed by atoms with E-state index in [-0.39, 0.29) is 23.9 Å². The Morgan fingerprint density at radius 2 is 1.35 bits per heavy atom. The lowest BCUT2D eigenvalue weighted by Gasteiger charge is -2.22. The van der Waals surface area contributed by atoms with Crippen LogP contribution >= 0.6 is 0 Å². The molecule has 162 valence electrons. The molecule has 0 unspecified atom stereocenters. The highest BCUT2D eigenvalue weighted by Gasteiger charge is 2.26. The molecule has 3 aromatic rings. The minimum atomic E-state index is -3.79. The predicted octanol–water partition coefficient (Wildman–Crippen LogP) is 3.59. The molecule has 0 radical (unpaired) electrons. The van der Waals surface area contributed by atoms with Crippen molar-refractivity contribution in [1.82, 2.24) is 9.62 Å². The summed E-state index contributed by atoms with van der Waals surface area (Å²) in [4.78, 5) is 12.8. The summed E-state index contributed by atoms with van der Waals surface area (Å²) >= 11 is 0. The van der Waals surface area contributed by atoms with Gasteiger partial charge in [-0.3, -0.25) is 4.79 Å². The Hall–Kier alpha value is -2.96. The maximum Gasteiger partial charge on any atom is 0.243 e. The van der Waals surface area contributed by atoms with Gasteiger partial charge < -0.3 is 5.32 Å². The van der Waals surface area contributed by atoms with Crippen molar-refractivity contribution in [2.45, 2.75) is 24.7 Å². The number of benzene rings is 3. The lowest BCUT2D eigenvalue weighted by molar-refractivity contribution is -0.121. The molecule has 0 saturated heterocycles. The van der Waals surface area contributed by atoms with Gasteiger partial charge in [-0.25, -0.2) is 8.42 Å². The first kappa shape index (κ1) is 22.7. The van der Waals surface area contributed by atoms with Crippen molar-refractivity contribution in [2.75, 3.05) is 19.6 Å². The van der Waals surface area contributed by atoms with Gasteiger partial charge in [-0.05, 0) is 43.0 Å². The van der Waals surface area contributed by atoms with Crippen LogP contribution in [0.2, 0.25) is 0 Å². The number of rotatable bonds is 10. The third-order valence-corrected chi connectivity index (χ3v) is 6.91. The summed E-state index contributed by atoms with van der Waals surface area (Å²) in [5.74, 6) is -0.306. The number of amides is 1. The number of nitrogens with one attached hydrogen (secondary N) is 1. The smallest absolute Gasteiger partial charge is 0.243 e. The van der Waals surface area contributed by atoms with Gasteiger partial charge in [-0.1, -0.05) is 78.4 Å². The van der Waals surface area contributed by atoms with E-state index < -0.39 is 10.0 Å². The molecule has 0 bridgehead atoms. The summed E-state index contributed by atoms with van der Waals surface area (Å²) in [6.45, 7) is 2.38. The van der Waals surface area contributed by atoms with Crippen LogP contribution in [-0.2, 0) is 27.7 Å². The Bertz CT molecular complexity index is 1070. The standard InChI is InChI=1S/C25H28N2O3S/c1-21-12-14-24(15-13-21)31(29,30)27(19-17-23-10-6-3-7-11-23)20-25(28)26-18-16-22-8-4-2-5-9-22/h2-15H,16-20H2,1H3,(H,26,28). The van der Waals surface area contributed by atoms with E-state index in [1.54, 1.807) is 24.3 Å². The molecular formula is C25H28N2O3S. The Kier molecular flexibility index (Phi) is 7.98. The average Bonchev–Trinajstić information content (AvgIpc) is 2.78. The van der Waals surface area contributed by atoms with Crippen LogP contribution in [-0.4, -0.2) is 38.3 Å². The van der Waals surface area contributed by atoms with Gasteiger partial charge in [0, 0.05) is 13.1 Å². The molecule has 3 aromatic carbocycles. The summed E-state index contributed by atoms with van der Waals surface area (Å²) in [5, 5.41) is 2.85. The number of hydrogen-bond donors (Lipinski definition) is 1. The molecule has 0 aliphatic carbocycles. The first-order valence-electron chi connectivity index (χ1n) is 10.4. The van der Waals surface area contributed by atoms with E-state index in [4.69, 9.17) is 0 Å². The Morgan fingerprint density at radius 1 is 0.806 bits per heavy atom. The monoisotopic (exact) mass is 436 g/mol. The number of nitrogens with zero attached hydrogens (tertiary/aromatic N) is 1. The molecule has 0 saturated carbocycles. The number of carbonyl (C=O) groups is 1. The van der Waals surface area contributed by atoms with Crippen molar-refractivity contribution in [2.24, 2.45) is 0 Å². The number of hydrogen-bond acceptors (Lipinski definition) is 3. The quantitative estimate of drug-likeness (QED) is 0.528. The van der Waals surface area contributed by atoms with Crippen LogP contribution in [0, 0.1) is 6.92 Å². The van der Waals surface area contributed by atoms with E-state index in [0.717, 1.165) is 16.7 Å². The lowest BCUT2D eigenvalue weighted by Crippen LogP contribution is -2.42. The molecule has 1 N–H and O–H groups in total. The Morgan fingerprint density at radius 3 is 1.94 bits per heavy atom. The maximum absolute atomic E-state index is 13.2. The molecule has 6 heteroatoms. The van der Waals surface area contributed by atoms with Crippen LogP contribution in [0.3, 0.4) is 0 Å². The molecule has 3 rings (SSSR count). The normalized spacial score (nSPS) is 11.4. The van der Waals surface area contributed by atoms with Crippen LogP contribution in [0.1, 0.15) is 16.7 Å². The fourth-order valence-corrected chi connectivity index (χ4v) is 4.65. The lowest BCUT2D eigenvalue weighted by atomic mass is 10.1. The van der Waals surface area contributed by atoms with Crippen molar-refractivity contribution in [1.29, 1.82) is 0 Å². The molecule has 0 atom stereocenters. The number of carbonyl (C=O) groups excluding carboxylic acids is 1. The van der Waals surface area contributed by atoms with E-state index in [0.29, 0.717) is 19.4 Å². The van der Waals surface area contributed by atoms with E-state index >= 15 is 0 Å². The summed E-state index contributed by atoms with van der Waals surface area (Å²) in [6.07, 6.45) is 1.23. The third-order valence-electron chi connectivity index (χ3n) is 5.05. The van der Waals surface area contributed by atoms with E-state index in [2.05, 4.69) is 5.32 Å². The van der Waals surface area contributed by atoms with Gasteiger partial charge in [-0.15, -0.1) is 0 Å². The third kappa shape index (κ3) is 6.77. The molecule has 5 nitrogen and oxygen atoms in total. The van der Waals surface area contributed by atoms with Crippen molar-refractivity contribution < 1.29 is 13.2 Å². The van der Waals surface area contributed by atoms with Gasteiger partial charge in [0.1, 0.15) is 0 Å². The van der Waals surface area contributed by atoms with Crippen LogP contribution in [0.15, 0.2) is 89.8 Å². The zero-order chi connectivity index (χ0) is 22.1. The highest BCUT2D eigenvalue weighted by Crippen LogP contribution is 2.17. The molecule has 0 spiro atoms. The zero-order valence-electron chi connectivity index (χ0n) is 17.7. The molecule has 0 aliphatic heterocycles. The van der Waals surface area contributed by atoms with E-state index in [1.807, 2.05) is 67.6 Å². The van der Waals surface area contributed by atoms with Crippen molar-refractivity contribution >= 4 is 15.9 Å². The SMILES string of the molecule is Cc1ccc(S(=O)(=O)N(CCc2ccccc2)CC(=O)NCCc2ccccc2)cc1. The fraction of sp³-hybridized carbons (Fsp3) is 0.240. The van der Waals surface area contributed by atoms with Gasteiger partial charge in [0.2, 0.25) is 15.9 Å². The number of sulfonamides is 1. The summed E-state index contributed by atoms with van der Waals surface area (Å²) in [5.41, 5.74) is 3.13.